The number of ether oxygens (including phenoxy) is 3. The average Bonchev–Trinajstić information content (AvgIpc) is 3.28. The number of hydrogen-bond donors (Lipinski definition) is 2. The molecule has 0 unspecified atom stereocenters. The summed E-state index contributed by atoms with van der Waals surface area (Å²) in [6.07, 6.45) is -0.126. The third kappa shape index (κ3) is 3.76. The molecule has 2 atom stereocenters. The molecule has 3 aromatic rings. The Balaban J connectivity index is 1.57. The smallest absolute Gasteiger partial charge is 0.231 e. The first-order chi connectivity index (χ1) is 15.6. The first-order valence-electron chi connectivity index (χ1n) is 10.6. The van der Waals surface area contributed by atoms with Gasteiger partial charge in [0.25, 0.3) is 0 Å². The van der Waals surface area contributed by atoms with Crippen LogP contribution in [0.1, 0.15) is 42.2 Å². The molecule has 0 aromatic heterocycles. The van der Waals surface area contributed by atoms with E-state index in [0.717, 1.165) is 11.3 Å². The summed E-state index contributed by atoms with van der Waals surface area (Å²) in [6, 6.07) is 17.3. The van der Waals surface area contributed by atoms with Gasteiger partial charge < -0.3 is 19.3 Å². The maximum Gasteiger partial charge on any atom is 0.231 e. The van der Waals surface area contributed by atoms with Crippen LogP contribution in [0.15, 0.2) is 65.7 Å². The van der Waals surface area contributed by atoms with E-state index in [1.165, 1.54) is 6.07 Å². The number of phenols is 1. The largest absolute Gasteiger partial charge is 0.504 e. The zero-order valence-corrected chi connectivity index (χ0v) is 17.5. The highest BCUT2D eigenvalue weighted by Gasteiger charge is 2.30. The summed E-state index contributed by atoms with van der Waals surface area (Å²) < 4.78 is 31.1. The highest BCUT2D eigenvalue weighted by Crippen LogP contribution is 2.40. The Hall–Kier alpha value is -3.58. The second-order valence-corrected chi connectivity index (χ2v) is 7.62. The number of rotatable bonds is 5. The van der Waals surface area contributed by atoms with E-state index in [1.807, 2.05) is 37.3 Å². The molecule has 5 rings (SSSR count). The fraction of sp³-hybridized carbons (Fsp3) is 0.240. The molecule has 3 aromatic carbocycles. The number of fused-ring (bicyclic) bond motifs is 1. The van der Waals surface area contributed by atoms with Crippen molar-refractivity contribution in [3.05, 3.63) is 83.2 Å². The van der Waals surface area contributed by atoms with E-state index >= 15 is 0 Å². The first-order valence-corrected chi connectivity index (χ1v) is 10.6. The zero-order chi connectivity index (χ0) is 22.1. The van der Waals surface area contributed by atoms with Gasteiger partial charge in [-0.3, -0.25) is 10.3 Å². The third-order valence-electron chi connectivity index (χ3n) is 5.65. The van der Waals surface area contributed by atoms with Crippen molar-refractivity contribution >= 4 is 5.71 Å². The predicted octanol–water partition coefficient (Wildman–Crippen LogP) is 4.88. The number of nitrogens with one attached hydrogen (secondary N) is 1. The molecule has 2 heterocycles. The maximum atomic E-state index is 14.6. The van der Waals surface area contributed by atoms with Gasteiger partial charge in [-0.05, 0) is 42.8 Å². The Kier molecular flexibility index (Phi) is 5.41. The molecule has 0 saturated heterocycles. The van der Waals surface area contributed by atoms with Gasteiger partial charge in [-0.15, -0.1) is 0 Å². The van der Waals surface area contributed by atoms with Crippen LogP contribution in [0.3, 0.4) is 0 Å². The van der Waals surface area contributed by atoms with Crippen LogP contribution in [0.4, 0.5) is 4.39 Å². The van der Waals surface area contributed by atoms with Crippen LogP contribution in [-0.2, 0) is 0 Å². The van der Waals surface area contributed by atoms with Crippen molar-refractivity contribution in [3.8, 4) is 23.0 Å². The Morgan fingerprint density at radius 1 is 1.06 bits per heavy atom. The third-order valence-corrected chi connectivity index (χ3v) is 5.65. The van der Waals surface area contributed by atoms with Crippen molar-refractivity contribution in [1.82, 2.24) is 5.32 Å². The minimum atomic E-state index is -0.620. The minimum Gasteiger partial charge on any atom is -0.504 e. The van der Waals surface area contributed by atoms with E-state index in [1.54, 1.807) is 24.3 Å². The molecule has 0 fully saturated rings. The molecule has 0 amide bonds. The van der Waals surface area contributed by atoms with Crippen molar-refractivity contribution in [2.24, 2.45) is 4.99 Å². The van der Waals surface area contributed by atoms with Crippen LogP contribution in [0.25, 0.3) is 0 Å². The average molecular weight is 434 g/mol. The Bertz CT molecular complexity index is 1180. The summed E-state index contributed by atoms with van der Waals surface area (Å²) in [5.74, 6) is 1.50. The number of benzene rings is 3. The highest BCUT2D eigenvalue weighted by molar-refractivity contribution is 6.02. The van der Waals surface area contributed by atoms with Crippen LogP contribution in [0.5, 0.6) is 23.0 Å². The van der Waals surface area contributed by atoms with Crippen molar-refractivity contribution in [1.29, 1.82) is 0 Å². The van der Waals surface area contributed by atoms with Crippen molar-refractivity contribution < 1.29 is 23.7 Å². The molecule has 2 N–H and O–H groups in total. The number of nitrogens with zero attached hydrogens (tertiary/aromatic N) is 1. The summed E-state index contributed by atoms with van der Waals surface area (Å²) in [7, 11) is 0. The first kappa shape index (κ1) is 20.3. The van der Waals surface area contributed by atoms with Gasteiger partial charge in [0.2, 0.25) is 6.79 Å². The standard InChI is InChI=1S/C25H23FN2O4/c1-2-30-22-9-5-7-17(24(22)29)20-13-19(15-10-11-21-23(12-15)32-14-31-21)27-25(28-20)16-6-3-4-8-18(16)26/h3-12,20,25,28-29H,2,13-14H2,1H3/t20-,25-/m0/s1. The van der Waals surface area contributed by atoms with Crippen molar-refractivity contribution in [2.75, 3.05) is 13.4 Å². The molecule has 32 heavy (non-hydrogen) atoms. The molecule has 2 aliphatic heterocycles. The second-order valence-electron chi connectivity index (χ2n) is 7.62. The number of phenolic OH excluding ortho intramolecular Hbond substituents is 1. The van der Waals surface area contributed by atoms with Gasteiger partial charge in [0.15, 0.2) is 23.0 Å². The van der Waals surface area contributed by atoms with Gasteiger partial charge in [-0.25, -0.2) is 4.39 Å². The lowest BCUT2D eigenvalue weighted by atomic mass is 9.93. The highest BCUT2D eigenvalue weighted by atomic mass is 19.1. The molecule has 164 valence electrons. The lowest BCUT2D eigenvalue weighted by Gasteiger charge is -2.31. The van der Waals surface area contributed by atoms with Gasteiger partial charge in [0, 0.05) is 29.3 Å². The molecule has 7 heteroatoms. The monoisotopic (exact) mass is 434 g/mol. The number of para-hydroxylation sites is 1. The predicted molar refractivity (Wildman–Crippen MR) is 118 cm³/mol. The molecular formula is C25H23FN2O4. The van der Waals surface area contributed by atoms with Gasteiger partial charge in [-0.1, -0.05) is 30.3 Å². The van der Waals surface area contributed by atoms with Crippen molar-refractivity contribution in [3.63, 3.8) is 0 Å². The topological polar surface area (TPSA) is 72.3 Å². The fourth-order valence-corrected chi connectivity index (χ4v) is 4.11. The summed E-state index contributed by atoms with van der Waals surface area (Å²) in [5.41, 5.74) is 2.75. The van der Waals surface area contributed by atoms with E-state index in [2.05, 4.69) is 5.32 Å². The molecule has 0 radical (unpaired) electrons. The van der Waals surface area contributed by atoms with Crippen LogP contribution >= 0.6 is 0 Å². The summed E-state index contributed by atoms with van der Waals surface area (Å²) in [6.45, 7) is 2.49. The summed E-state index contributed by atoms with van der Waals surface area (Å²) >= 11 is 0. The maximum absolute atomic E-state index is 14.6. The van der Waals surface area contributed by atoms with E-state index in [9.17, 15) is 9.50 Å². The fourth-order valence-electron chi connectivity index (χ4n) is 4.11. The lowest BCUT2D eigenvalue weighted by molar-refractivity contribution is 0.174. The van der Waals surface area contributed by atoms with Crippen LogP contribution in [0.2, 0.25) is 0 Å². The molecule has 0 aliphatic carbocycles. The second kappa shape index (κ2) is 8.51. The number of halogens is 1. The molecule has 0 spiro atoms. The van der Waals surface area contributed by atoms with E-state index in [0.29, 0.717) is 41.4 Å². The molecule has 0 bridgehead atoms. The zero-order valence-electron chi connectivity index (χ0n) is 17.5. The van der Waals surface area contributed by atoms with Crippen LogP contribution < -0.4 is 19.5 Å². The Morgan fingerprint density at radius 3 is 2.72 bits per heavy atom. The van der Waals surface area contributed by atoms with Crippen molar-refractivity contribution in [2.45, 2.75) is 25.6 Å². The van der Waals surface area contributed by atoms with Crippen LogP contribution in [-0.4, -0.2) is 24.2 Å². The molecular weight excluding hydrogens is 411 g/mol. The number of aliphatic imine (C=N–C) groups is 1. The Labute approximate surface area is 185 Å². The van der Waals surface area contributed by atoms with Crippen LogP contribution in [0, 0.1) is 5.82 Å². The quantitative estimate of drug-likeness (QED) is 0.599. The van der Waals surface area contributed by atoms with Gasteiger partial charge in [0.1, 0.15) is 12.0 Å². The Morgan fingerprint density at radius 2 is 1.88 bits per heavy atom. The van der Waals surface area contributed by atoms with E-state index in [-0.39, 0.29) is 24.4 Å². The number of aromatic hydroxyl groups is 1. The van der Waals surface area contributed by atoms with E-state index < -0.39 is 6.17 Å². The molecule has 2 aliphatic rings. The van der Waals surface area contributed by atoms with Gasteiger partial charge in [0.05, 0.1) is 6.61 Å². The number of hydrogen-bond acceptors (Lipinski definition) is 6. The van der Waals surface area contributed by atoms with Gasteiger partial charge in [-0.2, -0.15) is 0 Å². The normalized spacial score (nSPS) is 19.5. The van der Waals surface area contributed by atoms with Gasteiger partial charge >= 0.3 is 0 Å². The summed E-state index contributed by atoms with van der Waals surface area (Å²) in [5, 5.41) is 14.2. The lowest BCUT2D eigenvalue weighted by Crippen LogP contribution is -2.33. The van der Waals surface area contributed by atoms with E-state index in [4.69, 9.17) is 19.2 Å². The molecule has 6 nitrogen and oxygen atoms in total. The minimum absolute atomic E-state index is 0.0751. The molecule has 0 saturated carbocycles. The SMILES string of the molecule is CCOc1cccc([C@@H]2CC(c3ccc4c(c3)OCO4)=N[C@H](c3ccccc3F)N2)c1O. The summed E-state index contributed by atoms with van der Waals surface area (Å²) in [4.78, 5) is 4.83.